The first-order valence-electron chi connectivity index (χ1n) is 6.28. The third kappa shape index (κ3) is 3.71. The van der Waals surface area contributed by atoms with Crippen molar-refractivity contribution in [1.82, 2.24) is 10.2 Å². The van der Waals surface area contributed by atoms with Crippen molar-refractivity contribution in [2.75, 3.05) is 26.2 Å². The van der Waals surface area contributed by atoms with Crippen molar-refractivity contribution in [3.63, 3.8) is 0 Å². The van der Waals surface area contributed by atoms with E-state index >= 15 is 0 Å². The third-order valence-electron chi connectivity index (χ3n) is 3.49. The largest absolute Gasteiger partial charge is 0.339 e. The maximum Gasteiger partial charge on any atom is 0.232 e. The SMILES string of the molecule is CC(C)(C(=O)N1CCNCC1)c1cccc(Br)c1.Cl. The Morgan fingerprint density at radius 1 is 1.32 bits per heavy atom. The number of hydrogen-bond acceptors (Lipinski definition) is 2. The zero-order chi connectivity index (χ0) is 13.2. The summed E-state index contributed by atoms with van der Waals surface area (Å²) in [6.45, 7) is 7.38. The van der Waals surface area contributed by atoms with E-state index in [-0.39, 0.29) is 18.3 Å². The molecule has 0 aliphatic carbocycles. The second-order valence-electron chi connectivity index (χ2n) is 5.18. The molecule has 0 atom stereocenters. The fourth-order valence-electron chi connectivity index (χ4n) is 2.26. The van der Waals surface area contributed by atoms with E-state index in [2.05, 4.69) is 21.2 Å². The van der Waals surface area contributed by atoms with Gasteiger partial charge in [-0.15, -0.1) is 12.4 Å². The van der Waals surface area contributed by atoms with Crippen LogP contribution in [-0.2, 0) is 10.2 Å². The molecule has 0 unspecified atom stereocenters. The van der Waals surface area contributed by atoms with E-state index in [0.29, 0.717) is 0 Å². The molecule has 0 aromatic heterocycles. The Bertz CT molecular complexity index is 445. The Balaban J connectivity index is 0.00000180. The maximum atomic E-state index is 12.6. The number of nitrogens with zero attached hydrogens (tertiary/aromatic N) is 1. The minimum Gasteiger partial charge on any atom is -0.339 e. The van der Waals surface area contributed by atoms with Gasteiger partial charge in [0.1, 0.15) is 0 Å². The second kappa shape index (κ2) is 6.73. The predicted octanol–water partition coefficient (Wildman–Crippen LogP) is 2.58. The lowest BCUT2D eigenvalue weighted by molar-refractivity contribution is -0.136. The average molecular weight is 348 g/mol. The Labute approximate surface area is 129 Å². The van der Waals surface area contributed by atoms with Gasteiger partial charge >= 0.3 is 0 Å². The van der Waals surface area contributed by atoms with Crippen LogP contribution in [0.2, 0.25) is 0 Å². The molecule has 1 saturated heterocycles. The molecule has 0 spiro atoms. The van der Waals surface area contributed by atoms with E-state index in [0.717, 1.165) is 36.2 Å². The van der Waals surface area contributed by atoms with Crippen molar-refractivity contribution in [3.8, 4) is 0 Å². The van der Waals surface area contributed by atoms with Crippen molar-refractivity contribution in [3.05, 3.63) is 34.3 Å². The van der Waals surface area contributed by atoms with Crippen molar-refractivity contribution in [2.45, 2.75) is 19.3 Å². The summed E-state index contributed by atoms with van der Waals surface area (Å²) in [5, 5.41) is 3.27. The van der Waals surface area contributed by atoms with Gasteiger partial charge in [-0.2, -0.15) is 0 Å². The van der Waals surface area contributed by atoms with Crippen LogP contribution >= 0.6 is 28.3 Å². The Morgan fingerprint density at radius 3 is 2.53 bits per heavy atom. The first kappa shape index (κ1) is 16.5. The molecule has 0 radical (unpaired) electrons. The molecule has 1 fully saturated rings. The van der Waals surface area contributed by atoms with Crippen LogP contribution in [0, 0.1) is 0 Å². The summed E-state index contributed by atoms with van der Waals surface area (Å²) in [4.78, 5) is 14.6. The van der Waals surface area contributed by atoms with Gasteiger partial charge in [-0.3, -0.25) is 4.79 Å². The van der Waals surface area contributed by atoms with Gasteiger partial charge in [0.2, 0.25) is 5.91 Å². The average Bonchev–Trinajstić information content (AvgIpc) is 2.39. The standard InChI is InChI=1S/C14H19BrN2O.ClH/c1-14(2,11-4-3-5-12(15)10-11)13(18)17-8-6-16-7-9-17;/h3-5,10,16H,6-9H2,1-2H3;1H. The van der Waals surface area contributed by atoms with Gasteiger partial charge in [0.25, 0.3) is 0 Å². The Hall–Kier alpha value is -0.580. The Morgan fingerprint density at radius 2 is 1.95 bits per heavy atom. The van der Waals surface area contributed by atoms with Crippen LogP contribution in [0.25, 0.3) is 0 Å². The van der Waals surface area contributed by atoms with Crippen LogP contribution in [0.4, 0.5) is 0 Å². The summed E-state index contributed by atoms with van der Waals surface area (Å²) in [6, 6.07) is 8.01. The summed E-state index contributed by atoms with van der Waals surface area (Å²) in [5.74, 6) is 0.210. The van der Waals surface area contributed by atoms with Crippen molar-refractivity contribution >= 4 is 34.2 Å². The lowest BCUT2D eigenvalue weighted by Gasteiger charge is -2.35. The van der Waals surface area contributed by atoms with Crippen LogP contribution < -0.4 is 5.32 Å². The fourth-order valence-corrected chi connectivity index (χ4v) is 2.66. The number of benzene rings is 1. The molecule has 3 nitrogen and oxygen atoms in total. The zero-order valence-electron chi connectivity index (χ0n) is 11.3. The van der Waals surface area contributed by atoms with Crippen LogP contribution in [-0.4, -0.2) is 37.0 Å². The number of carbonyl (C=O) groups is 1. The van der Waals surface area contributed by atoms with Gasteiger partial charge < -0.3 is 10.2 Å². The number of rotatable bonds is 2. The lowest BCUT2D eigenvalue weighted by Crippen LogP contribution is -2.51. The molecule has 1 aromatic rings. The summed E-state index contributed by atoms with van der Waals surface area (Å²) in [7, 11) is 0. The molecular formula is C14H20BrClN2O. The Kier molecular flexibility index (Phi) is 5.83. The first-order chi connectivity index (χ1) is 8.51. The number of halogens is 2. The molecule has 1 amide bonds. The fraction of sp³-hybridized carbons (Fsp3) is 0.500. The maximum absolute atomic E-state index is 12.6. The molecule has 5 heteroatoms. The van der Waals surface area contributed by atoms with Gasteiger partial charge in [-0.05, 0) is 31.5 Å². The van der Waals surface area contributed by atoms with E-state index in [4.69, 9.17) is 0 Å². The highest BCUT2D eigenvalue weighted by Crippen LogP contribution is 2.28. The third-order valence-corrected chi connectivity index (χ3v) is 3.98. The van der Waals surface area contributed by atoms with E-state index in [9.17, 15) is 4.79 Å². The summed E-state index contributed by atoms with van der Waals surface area (Å²) >= 11 is 3.46. The topological polar surface area (TPSA) is 32.3 Å². The molecule has 0 saturated carbocycles. The van der Waals surface area contributed by atoms with E-state index in [1.165, 1.54) is 0 Å². The zero-order valence-corrected chi connectivity index (χ0v) is 13.7. The van der Waals surface area contributed by atoms with Gasteiger partial charge in [0.05, 0.1) is 5.41 Å². The van der Waals surface area contributed by atoms with Gasteiger partial charge in [0, 0.05) is 30.7 Å². The molecule has 1 N–H and O–H groups in total. The van der Waals surface area contributed by atoms with Gasteiger partial charge in [-0.25, -0.2) is 0 Å². The van der Waals surface area contributed by atoms with E-state index in [1.54, 1.807) is 0 Å². The number of piperazine rings is 1. The van der Waals surface area contributed by atoms with Crippen molar-refractivity contribution < 1.29 is 4.79 Å². The smallest absolute Gasteiger partial charge is 0.232 e. The van der Waals surface area contributed by atoms with Crippen LogP contribution in [0.3, 0.4) is 0 Å². The van der Waals surface area contributed by atoms with E-state index in [1.807, 2.05) is 43.0 Å². The highest BCUT2D eigenvalue weighted by molar-refractivity contribution is 9.10. The summed E-state index contributed by atoms with van der Waals surface area (Å²) < 4.78 is 1.01. The normalized spacial score (nSPS) is 15.8. The molecule has 1 aliphatic heterocycles. The van der Waals surface area contributed by atoms with Gasteiger partial charge in [0.15, 0.2) is 0 Å². The van der Waals surface area contributed by atoms with Crippen LogP contribution in [0.5, 0.6) is 0 Å². The lowest BCUT2D eigenvalue weighted by atomic mass is 9.83. The minimum atomic E-state index is -0.471. The van der Waals surface area contributed by atoms with Crippen molar-refractivity contribution in [1.29, 1.82) is 0 Å². The number of nitrogens with one attached hydrogen (secondary N) is 1. The highest BCUT2D eigenvalue weighted by atomic mass is 79.9. The second-order valence-corrected chi connectivity index (χ2v) is 6.09. The number of amides is 1. The molecule has 2 rings (SSSR count). The number of carbonyl (C=O) groups excluding carboxylic acids is 1. The highest BCUT2D eigenvalue weighted by Gasteiger charge is 2.34. The first-order valence-corrected chi connectivity index (χ1v) is 7.07. The number of hydrogen-bond donors (Lipinski definition) is 1. The molecular weight excluding hydrogens is 328 g/mol. The van der Waals surface area contributed by atoms with Crippen LogP contribution in [0.15, 0.2) is 28.7 Å². The summed E-state index contributed by atoms with van der Waals surface area (Å²) in [5.41, 5.74) is 0.585. The van der Waals surface area contributed by atoms with Gasteiger partial charge in [-0.1, -0.05) is 28.1 Å². The van der Waals surface area contributed by atoms with E-state index < -0.39 is 5.41 Å². The molecule has 19 heavy (non-hydrogen) atoms. The quantitative estimate of drug-likeness (QED) is 0.892. The minimum absolute atomic E-state index is 0. The summed E-state index contributed by atoms with van der Waals surface area (Å²) in [6.07, 6.45) is 0. The van der Waals surface area contributed by atoms with Crippen molar-refractivity contribution in [2.24, 2.45) is 0 Å². The molecule has 106 valence electrons. The molecule has 1 aromatic carbocycles. The van der Waals surface area contributed by atoms with Crippen LogP contribution in [0.1, 0.15) is 19.4 Å². The monoisotopic (exact) mass is 346 g/mol. The molecule has 1 aliphatic rings. The molecule has 1 heterocycles. The predicted molar refractivity (Wildman–Crippen MR) is 83.9 cm³/mol. The molecule has 0 bridgehead atoms.